The molecular weight excluding hydrogens is 487 g/mol. The molecule has 7 nitrogen and oxygen atoms in total. The fourth-order valence-electron chi connectivity index (χ4n) is 8.89. The number of hydrogen-bond acceptors (Lipinski definition) is 6. The Labute approximate surface area is 220 Å². The lowest BCUT2D eigenvalue weighted by molar-refractivity contribution is -0.308. The third-order valence-electron chi connectivity index (χ3n) is 10.8. The number of allylic oxidation sites excluding steroid dienone is 3. The van der Waals surface area contributed by atoms with Crippen LogP contribution in [0.4, 0.5) is 4.39 Å². The van der Waals surface area contributed by atoms with E-state index in [-0.39, 0.29) is 23.3 Å². The van der Waals surface area contributed by atoms with Gasteiger partial charge in [0.1, 0.15) is 17.8 Å². The Kier molecular flexibility index (Phi) is 4.96. The number of aliphatic hydroxyl groups is 3. The van der Waals surface area contributed by atoms with Crippen molar-refractivity contribution in [3.05, 3.63) is 64.1 Å². The van der Waals surface area contributed by atoms with Gasteiger partial charge in [-0.3, -0.25) is 4.79 Å². The van der Waals surface area contributed by atoms with Crippen molar-refractivity contribution in [3.8, 4) is 0 Å². The number of aromatic nitrogens is 1. The summed E-state index contributed by atoms with van der Waals surface area (Å²) < 4.78 is 23.9. The SMILES string of the molecule is CN(C)C1CC23CCC4(O2)C(=CCC2(C)C(c5ccc6c(=O)[nH]ccc6c5)=CCC24)C(O)C3(F)C(O)C1O. The first-order valence-electron chi connectivity index (χ1n) is 13.6. The average Bonchev–Trinajstić information content (AvgIpc) is 3.43. The molecule has 0 amide bonds. The predicted molar refractivity (Wildman–Crippen MR) is 141 cm³/mol. The number of aliphatic hydroxyl groups excluding tert-OH is 3. The van der Waals surface area contributed by atoms with E-state index in [9.17, 15) is 20.1 Å². The number of halogens is 1. The summed E-state index contributed by atoms with van der Waals surface area (Å²) in [5, 5.41) is 35.1. The van der Waals surface area contributed by atoms with E-state index in [1.54, 1.807) is 25.2 Å². The molecular formula is C30H35FN2O5. The minimum atomic E-state index is -2.49. The van der Waals surface area contributed by atoms with Gasteiger partial charge in [0.05, 0.1) is 11.7 Å². The molecule has 2 aromatic rings. The zero-order chi connectivity index (χ0) is 26.8. The highest BCUT2D eigenvalue weighted by Crippen LogP contribution is 2.70. The number of aromatic amines is 1. The monoisotopic (exact) mass is 522 g/mol. The first kappa shape index (κ1) is 24.7. The summed E-state index contributed by atoms with van der Waals surface area (Å²) in [5.41, 5.74) is -2.40. The lowest BCUT2D eigenvalue weighted by Crippen LogP contribution is -2.78. The van der Waals surface area contributed by atoms with Crippen LogP contribution < -0.4 is 5.56 Å². The number of alkyl halides is 1. The minimum Gasteiger partial charge on any atom is -0.389 e. The lowest BCUT2D eigenvalue weighted by Gasteiger charge is -2.62. The molecule has 8 heteroatoms. The molecule has 2 bridgehead atoms. The Balaban J connectivity index is 1.32. The van der Waals surface area contributed by atoms with Gasteiger partial charge in [0.15, 0.2) is 5.67 Å². The molecule has 202 valence electrons. The molecule has 2 saturated heterocycles. The Morgan fingerprint density at radius 1 is 1.13 bits per heavy atom. The summed E-state index contributed by atoms with van der Waals surface area (Å²) in [5.74, 6) is -0.0137. The van der Waals surface area contributed by atoms with Crippen LogP contribution in [-0.4, -0.2) is 80.5 Å². The highest BCUT2D eigenvalue weighted by Gasteiger charge is 2.79. The summed E-state index contributed by atoms with van der Waals surface area (Å²) in [4.78, 5) is 16.8. The summed E-state index contributed by atoms with van der Waals surface area (Å²) >= 11 is 0. The number of H-pyrrole nitrogens is 1. The summed E-state index contributed by atoms with van der Waals surface area (Å²) in [6, 6.07) is 7.32. The molecule has 3 aliphatic carbocycles. The van der Waals surface area contributed by atoms with Gasteiger partial charge in [0.25, 0.3) is 5.56 Å². The largest absolute Gasteiger partial charge is 0.389 e. The highest BCUT2D eigenvalue weighted by atomic mass is 19.1. The maximum Gasteiger partial charge on any atom is 0.255 e. The van der Waals surface area contributed by atoms with Crippen molar-refractivity contribution in [3.63, 3.8) is 0 Å². The number of pyridine rings is 1. The van der Waals surface area contributed by atoms with Crippen molar-refractivity contribution < 1.29 is 24.4 Å². The van der Waals surface area contributed by atoms with Gasteiger partial charge < -0.3 is 29.9 Å². The van der Waals surface area contributed by atoms with Crippen molar-refractivity contribution in [1.82, 2.24) is 9.88 Å². The van der Waals surface area contributed by atoms with Crippen LogP contribution >= 0.6 is 0 Å². The highest BCUT2D eigenvalue weighted by molar-refractivity contribution is 5.87. The van der Waals surface area contributed by atoms with Crippen LogP contribution in [0.5, 0.6) is 0 Å². The van der Waals surface area contributed by atoms with Gasteiger partial charge in [-0.2, -0.15) is 0 Å². The maximum atomic E-state index is 17.0. The van der Waals surface area contributed by atoms with Gasteiger partial charge in [-0.25, -0.2) is 4.39 Å². The Hall–Kier alpha value is -2.36. The minimum absolute atomic E-state index is 0.0137. The smallest absolute Gasteiger partial charge is 0.255 e. The van der Waals surface area contributed by atoms with Gasteiger partial charge in [-0.1, -0.05) is 25.1 Å². The second-order valence-electron chi connectivity index (χ2n) is 12.6. The molecule has 7 rings (SSSR count). The Morgan fingerprint density at radius 2 is 1.92 bits per heavy atom. The molecule has 0 radical (unpaired) electrons. The number of hydrogen-bond donors (Lipinski definition) is 4. The number of benzene rings is 1. The van der Waals surface area contributed by atoms with E-state index in [1.165, 1.54) is 5.57 Å². The molecule has 4 N–H and O–H groups in total. The second kappa shape index (κ2) is 7.64. The number of ether oxygens (including phenoxy) is 1. The van der Waals surface area contributed by atoms with E-state index in [4.69, 9.17) is 4.74 Å². The molecule has 1 aromatic carbocycles. The van der Waals surface area contributed by atoms with E-state index >= 15 is 4.39 Å². The molecule has 2 spiro atoms. The van der Waals surface area contributed by atoms with E-state index in [0.29, 0.717) is 30.2 Å². The summed E-state index contributed by atoms with van der Waals surface area (Å²) in [7, 11) is 3.61. The third-order valence-corrected chi connectivity index (χ3v) is 10.8. The Bertz CT molecular complexity index is 1470. The fourth-order valence-corrected chi connectivity index (χ4v) is 8.89. The number of rotatable bonds is 2. The molecule has 9 atom stereocenters. The third kappa shape index (κ3) is 2.73. The van der Waals surface area contributed by atoms with Gasteiger partial charge in [0.2, 0.25) is 0 Å². The van der Waals surface area contributed by atoms with Crippen LogP contribution in [0, 0.1) is 11.3 Å². The van der Waals surface area contributed by atoms with Crippen molar-refractivity contribution in [2.24, 2.45) is 11.3 Å². The molecule has 9 unspecified atom stereocenters. The molecule has 5 aliphatic rings. The maximum absolute atomic E-state index is 17.0. The second-order valence-corrected chi connectivity index (χ2v) is 12.6. The van der Waals surface area contributed by atoms with Crippen molar-refractivity contribution >= 4 is 16.3 Å². The zero-order valence-electron chi connectivity index (χ0n) is 21.9. The normalized spacial score (nSPS) is 45.4. The van der Waals surface area contributed by atoms with Gasteiger partial charge >= 0.3 is 0 Å². The van der Waals surface area contributed by atoms with Crippen molar-refractivity contribution in [2.75, 3.05) is 14.1 Å². The molecule has 1 aromatic heterocycles. The van der Waals surface area contributed by atoms with Crippen LogP contribution in [0.1, 0.15) is 44.6 Å². The van der Waals surface area contributed by atoms with E-state index in [1.807, 2.05) is 24.3 Å². The summed E-state index contributed by atoms with van der Waals surface area (Å²) in [6.07, 6.45) is 3.62. The fraction of sp³-hybridized carbons (Fsp3) is 0.567. The number of nitrogens with one attached hydrogen (secondary N) is 1. The Morgan fingerprint density at radius 3 is 2.68 bits per heavy atom. The van der Waals surface area contributed by atoms with E-state index < -0.39 is 41.2 Å². The van der Waals surface area contributed by atoms with E-state index in [2.05, 4.69) is 24.1 Å². The van der Waals surface area contributed by atoms with Crippen LogP contribution in [0.15, 0.2) is 53.0 Å². The standard InChI is InChI=1S/C30H35FN2O5/c1-27-10-8-20-24(35)30(31)25(36)23(34)21(33(2)3)15-28(30)11-12-29(20,38-28)22(27)7-6-19(27)17-4-5-18-16(14-17)9-13-32-26(18)37/h4-6,8-9,13-14,21-25,34-36H,7,10-12,15H2,1-3H3,(H,32,37). The molecule has 3 fully saturated rings. The molecule has 2 aliphatic heterocycles. The van der Waals surface area contributed by atoms with Crippen LogP contribution in [0.25, 0.3) is 16.3 Å². The molecule has 1 saturated carbocycles. The number of nitrogens with zero attached hydrogens (tertiary/aromatic N) is 1. The lowest BCUT2D eigenvalue weighted by atomic mass is 9.55. The predicted octanol–water partition coefficient (Wildman–Crippen LogP) is 2.69. The average molecular weight is 523 g/mol. The summed E-state index contributed by atoms with van der Waals surface area (Å²) in [6.45, 7) is 2.22. The van der Waals surface area contributed by atoms with Crippen LogP contribution in [0.2, 0.25) is 0 Å². The first-order valence-corrected chi connectivity index (χ1v) is 13.6. The molecule has 38 heavy (non-hydrogen) atoms. The van der Waals surface area contributed by atoms with Gasteiger partial charge in [-0.15, -0.1) is 0 Å². The van der Waals surface area contributed by atoms with Gasteiger partial charge in [-0.05, 0) is 86.5 Å². The van der Waals surface area contributed by atoms with Crippen molar-refractivity contribution in [2.45, 2.75) is 80.3 Å². The van der Waals surface area contributed by atoms with Crippen molar-refractivity contribution in [1.29, 1.82) is 0 Å². The molecule has 3 heterocycles. The van der Waals surface area contributed by atoms with Crippen LogP contribution in [-0.2, 0) is 4.74 Å². The quantitative estimate of drug-likeness (QED) is 0.452. The van der Waals surface area contributed by atoms with Gasteiger partial charge in [0, 0.05) is 29.0 Å². The van der Waals surface area contributed by atoms with Crippen LogP contribution in [0.3, 0.4) is 0 Å². The zero-order valence-corrected chi connectivity index (χ0v) is 21.9. The van der Waals surface area contributed by atoms with E-state index in [0.717, 1.165) is 17.4 Å². The topological polar surface area (TPSA) is 106 Å². The number of fused-ring (bicyclic) bond motifs is 2. The number of likely N-dealkylation sites (N-methyl/N-ethyl adjacent to an activating group) is 1. The first-order chi connectivity index (χ1) is 18.0.